The van der Waals surface area contributed by atoms with Crippen LogP contribution >= 0.6 is 23.4 Å². The van der Waals surface area contributed by atoms with E-state index >= 15 is 0 Å². The van der Waals surface area contributed by atoms with E-state index in [0.717, 1.165) is 5.56 Å². The fourth-order valence-electron chi connectivity index (χ4n) is 2.54. The highest BCUT2D eigenvalue weighted by atomic mass is 35.5. The van der Waals surface area contributed by atoms with Crippen molar-refractivity contribution in [3.8, 4) is 0 Å². The Kier molecular flexibility index (Phi) is 6.05. The van der Waals surface area contributed by atoms with E-state index in [1.54, 1.807) is 9.58 Å². The van der Waals surface area contributed by atoms with Gasteiger partial charge in [0.1, 0.15) is 11.4 Å². The second kappa shape index (κ2) is 8.46. The summed E-state index contributed by atoms with van der Waals surface area (Å²) in [5.74, 6) is 0.401. The van der Waals surface area contributed by atoms with E-state index in [1.165, 1.54) is 18.1 Å². The number of hydrogen-bond donors (Lipinski definition) is 0. The predicted molar refractivity (Wildman–Crippen MR) is 102 cm³/mol. The molecular formula is C17H19ClN6OS. The lowest BCUT2D eigenvalue weighted by Crippen LogP contribution is -2.31. The number of aromatic nitrogens is 5. The van der Waals surface area contributed by atoms with Gasteiger partial charge < -0.3 is 4.90 Å². The van der Waals surface area contributed by atoms with E-state index in [2.05, 4.69) is 20.3 Å². The number of rotatable bonds is 7. The number of thioether (sulfide) groups is 1. The number of nitrogens with zero attached hydrogens (tertiary/aromatic N) is 6. The molecule has 3 rings (SSSR count). The van der Waals surface area contributed by atoms with Crippen LogP contribution < -0.4 is 0 Å². The number of halogens is 1. The second-order valence-electron chi connectivity index (χ2n) is 5.58. The minimum Gasteiger partial charge on any atom is -0.343 e. The van der Waals surface area contributed by atoms with Gasteiger partial charge in [0.05, 0.1) is 12.3 Å². The highest BCUT2D eigenvalue weighted by Gasteiger charge is 2.15. The van der Waals surface area contributed by atoms with Gasteiger partial charge in [-0.15, -0.1) is 5.10 Å². The summed E-state index contributed by atoms with van der Waals surface area (Å²) in [4.78, 5) is 22.6. The molecular weight excluding hydrogens is 372 g/mol. The molecule has 0 radical (unpaired) electrons. The summed E-state index contributed by atoms with van der Waals surface area (Å²) < 4.78 is 1.72. The molecule has 26 heavy (non-hydrogen) atoms. The maximum atomic E-state index is 12.2. The van der Waals surface area contributed by atoms with Gasteiger partial charge in [-0.2, -0.15) is 0 Å². The van der Waals surface area contributed by atoms with E-state index in [9.17, 15) is 4.79 Å². The van der Waals surface area contributed by atoms with Crippen molar-refractivity contribution in [2.24, 2.45) is 0 Å². The molecule has 0 unspecified atom stereocenters. The second-order valence-corrected chi connectivity index (χ2v) is 6.98. The number of benzene rings is 1. The van der Waals surface area contributed by atoms with Gasteiger partial charge in [0, 0.05) is 18.1 Å². The molecule has 0 N–H and O–H groups in total. The quantitative estimate of drug-likeness (QED) is 0.456. The molecule has 1 aromatic carbocycles. The first-order valence-corrected chi connectivity index (χ1v) is 9.68. The van der Waals surface area contributed by atoms with Crippen molar-refractivity contribution in [2.45, 2.75) is 25.4 Å². The van der Waals surface area contributed by atoms with Crippen molar-refractivity contribution in [3.05, 3.63) is 41.2 Å². The Morgan fingerprint density at radius 1 is 1.19 bits per heavy atom. The Balaban J connectivity index is 1.78. The van der Waals surface area contributed by atoms with E-state index in [0.29, 0.717) is 46.6 Å². The van der Waals surface area contributed by atoms with Crippen LogP contribution in [0.2, 0.25) is 5.02 Å². The van der Waals surface area contributed by atoms with Crippen LogP contribution in [0, 0.1) is 0 Å². The van der Waals surface area contributed by atoms with E-state index < -0.39 is 0 Å². The smallest absolute Gasteiger partial charge is 0.232 e. The van der Waals surface area contributed by atoms with Crippen LogP contribution in [0.25, 0.3) is 11.2 Å². The maximum Gasteiger partial charge on any atom is 0.232 e. The predicted octanol–water partition coefficient (Wildman–Crippen LogP) is 2.88. The van der Waals surface area contributed by atoms with Crippen molar-refractivity contribution in [1.82, 2.24) is 29.9 Å². The fraction of sp³-hybridized carbons (Fsp3) is 0.353. The Morgan fingerprint density at radius 3 is 2.62 bits per heavy atom. The van der Waals surface area contributed by atoms with Crippen LogP contribution in [-0.4, -0.2) is 54.6 Å². The van der Waals surface area contributed by atoms with Crippen molar-refractivity contribution >= 4 is 40.4 Å². The molecule has 0 aliphatic carbocycles. The molecule has 0 aliphatic heterocycles. The third-order valence-corrected chi connectivity index (χ3v) is 5.18. The zero-order valence-electron chi connectivity index (χ0n) is 14.6. The van der Waals surface area contributed by atoms with Gasteiger partial charge in [-0.05, 0) is 31.5 Å². The van der Waals surface area contributed by atoms with Gasteiger partial charge in [-0.3, -0.25) is 4.79 Å². The van der Waals surface area contributed by atoms with E-state index in [1.807, 2.05) is 38.1 Å². The molecule has 0 atom stereocenters. The highest BCUT2D eigenvalue weighted by Crippen LogP contribution is 2.23. The Bertz CT molecular complexity index is 894. The van der Waals surface area contributed by atoms with Crippen molar-refractivity contribution in [3.63, 3.8) is 0 Å². The molecule has 0 fully saturated rings. The first-order chi connectivity index (χ1) is 12.6. The van der Waals surface area contributed by atoms with Gasteiger partial charge >= 0.3 is 0 Å². The van der Waals surface area contributed by atoms with Crippen molar-refractivity contribution < 1.29 is 4.79 Å². The molecule has 0 saturated heterocycles. The summed E-state index contributed by atoms with van der Waals surface area (Å²) in [6.45, 7) is 5.88. The van der Waals surface area contributed by atoms with Crippen LogP contribution in [0.3, 0.4) is 0 Å². The molecule has 2 aromatic heterocycles. The Morgan fingerprint density at radius 2 is 1.92 bits per heavy atom. The van der Waals surface area contributed by atoms with Crippen LogP contribution in [-0.2, 0) is 11.3 Å². The summed E-state index contributed by atoms with van der Waals surface area (Å²) in [5, 5.41) is 9.76. The number of amides is 1. The SMILES string of the molecule is CCN(CC)C(=O)CSc1ncnc2c1nnn2Cc1ccc(Cl)cc1. The molecule has 1 amide bonds. The van der Waals surface area contributed by atoms with Crippen LogP contribution in [0.4, 0.5) is 0 Å². The third kappa shape index (κ3) is 4.13. The fourth-order valence-corrected chi connectivity index (χ4v) is 3.50. The van der Waals surface area contributed by atoms with Crippen molar-refractivity contribution in [2.75, 3.05) is 18.8 Å². The third-order valence-electron chi connectivity index (χ3n) is 3.96. The zero-order chi connectivity index (χ0) is 18.5. The topological polar surface area (TPSA) is 76.8 Å². The number of fused-ring (bicyclic) bond motifs is 1. The molecule has 0 saturated carbocycles. The average Bonchev–Trinajstić information content (AvgIpc) is 3.06. The molecule has 2 heterocycles. The summed E-state index contributed by atoms with van der Waals surface area (Å²) in [7, 11) is 0. The normalized spacial score (nSPS) is 11.0. The van der Waals surface area contributed by atoms with E-state index in [-0.39, 0.29) is 5.91 Å². The van der Waals surface area contributed by atoms with Gasteiger partial charge in [0.25, 0.3) is 0 Å². The lowest BCUT2D eigenvalue weighted by Gasteiger charge is -2.17. The largest absolute Gasteiger partial charge is 0.343 e. The number of carbonyl (C=O) groups excluding carboxylic acids is 1. The summed E-state index contributed by atoms with van der Waals surface area (Å²) in [5.41, 5.74) is 2.30. The van der Waals surface area contributed by atoms with Crippen LogP contribution in [0.15, 0.2) is 35.6 Å². The minimum atomic E-state index is 0.0836. The minimum absolute atomic E-state index is 0.0836. The highest BCUT2D eigenvalue weighted by molar-refractivity contribution is 8.00. The van der Waals surface area contributed by atoms with Crippen LogP contribution in [0.5, 0.6) is 0 Å². The van der Waals surface area contributed by atoms with Gasteiger partial charge in [-0.25, -0.2) is 14.6 Å². The summed E-state index contributed by atoms with van der Waals surface area (Å²) in [6, 6.07) is 7.56. The average molecular weight is 391 g/mol. The van der Waals surface area contributed by atoms with Crippen molar-refractivity contribution in [1.29, 1.82) is 0 Å². The first-order valence-electron chi connectivity index (χ1n) is 8.31. The lowest BCUT2D eigenvalue weighted by atomic mass is 10.2. The zero-order valence-corrected chi connectivity index (χ0v) is 16.2. The molecule has 3 aromatic rings. The summed E-state index contributed by atoms with van der Waals surface area (Å²) >= 11 is 7.29. The monoisotopic (exact) mass is 390 g/mol. The maximum absolute atomic E-state index is 12.2. The van der Waals surface area contributed by atoms with Gasteiger partial charge in [0.2, 0.25) is 5.91 Å². The van der Waals surface area contributed by atoms with Gasteiger partial charge in [-0.1, -0.05) is 40.7 Å². The summed E-state index contributed by atoms with van der Waals surface area (Å²) in [6.07, 6.45) is 1.48. The van der Waals surface area contributed by atoms with Gasteiger partial charge in [0.15, 0.2) is 11.2 Å². The van der Waals surface area contributed by atoms with Crippen LogP contribution in [0.1, 0.15) is 19.4 Å². The Hall–Kier alpha value is -2.19. The molecule has 136 valence electrons. The molecule has 0 bridgehead atoms. The molecule has 0 spiro atoms. The standard InChI is InChI=1S/C17H19ClN6OS/c1-3-23(4-2)14(25)10-26-17-15-16(19-11-20-17)24(22-21-15)9-12-5-7-13(18)8-6-12/h5-8,11H,3-4,9-10H2,1-2H3. The molecule has 7 nitrogen and oxygen atoms in total. The lowest BCUT2D eigenvalue weighted by molar-refractivity contribution is -0.127. The number of hydrogen-bond acceptors (Lipinski definition) is 6. The molecule has 9 heteroatoms. The number of carbonyl (C=O) groups is 1. The Labute approximate surface area is 160 Å². The van der Waals surface area contributed by atoms with E-state index in [4.69, 9.17) is 11.6 Å². The first kappa shape index (κ1) is 18.6. The molecule has 0 aliphatic rings.